The molecule has 0 saturated heterocycles. The van der Waals surface area contributed by atoms with Crippen LogP contribution in [0.25, 0.3) is 0 Å². The summed E-state index contributed by atoms with van der Waals surface area (Å²) >= 11 is 2.01. The van der Waals surface area contributed by atoms with Crippen LogP contribution in [0.3, 0.4) is 0 Å². The molecule has 0 unspecified atom stereocenters. The monoisotopic (exact) mass is 189 g/mol. The third-order valence-electron chi connectivity index (χ3n) is 2.60. The lowest BCUT2D eigenvalue weighted by Gasteiger charge is -2.29. The van der Waals surface area contributed by atoms with Gasteiger partial charge in [0.05, 0.1) is 0 Å². The van der Waals surface area contributed by atoms with Gasteiger partial charge >= 0.3 is 0 Å². The smallest absolute Gasteiger partial charge is 0.0276 e. The number of nitrogens with one attached hydrogen (secondary N) is 1. The number of hydrogen-bond acceptors (Lipinski definition) is 2. The minimum absolute atomic E-state index is 0.481. The molecule has 74 valence electrons. The minimum Gasteiger partial charge on any atom is -0.315 e. The fourth-order valence-electron chi connectivity index (χ4n) is 1.35. The fraction of sp³-hybridized carbons (Fsp3) is 1.00. The molecular formula is C10H23NS. The van der Waals surface area contributed by atoms with E-state index in [1.807, 2.05) is 11.8 Å². The summed E-state index contributed by atoms with van der Waals surface area (Å²) in [6.45, 7) is 9.10. The zero-order valence-corrected chi connectivity index (χ0v) is 9.76. The van der Waals surface area contributed by atoms with Crippen molar-refractivity contribution in [3.05, 3.63) is 0 Å². The summed E-state index contributed by atoms with van der Waals surface area (Å²) in [4.78, 5) is 0. The number of rotatable bonds is 7. The molecule has 0 spiro atoms. The molecule has 0 atom stereocenters. The van der Waals surface area contributed by atoms with Crippen LogP contribution in [0.2, 0.25) is 0 Å². The van der Waals surface area contributed by atoms with Crippen LogP contribution in [0.5, 0.6) is 0 Å². The molecule has 0 aromatic rings. The Kier molecular flexibility index (Phi) is 6.96. The molecule has 0 bridgehead atoms. The first-order valence-electron chi connectivity index (χ1n) is 5.00. The maximum absolute atomic E-state index is 3.51. The van der Waals surface area contributed by atoms with Gasteiger partial charge in [-0.1, -0.05) is 20.8 Å². The highest BCUT2D eigenvalue weighted by molar-refractivity contribution is 8.00. The van der Waals surface area contributed by atoms with E-state index in [0.717, 1.165) is 13.1 Å². The summed E-state index contributed by atoms with van der Waals surface area (Å²) in [6.07, 6.45) is 5.99. The van der Waals surface area contributed by atoms with Crippen LogP contribution in [0.15, 0.2) is 0 Å². The quantitative estimate of drug-likeness (QED) is 0.618. The van der Waals surface area contributed by atoms with E-state index in [9.17, 15) is 0 Å². The molecule has 2 heteroatoms. The Labute approximate surface area is 81.7 Å². The zero-order chi connectivity index (χ0) is 9.45. The largest absolute Gasteiger partial charge is 0.315 e. The van der Waals surface area contributed by atoms with E-state index in [2.05, 4.69) is 32.3 Å². The van der Waals surface area contributed by atoms with Crippen LogP contribution in [0.4, 0.5) is 0 Å². The van der Waals surface area contributed by atoms with Crippen molar-refractivity contribution >= 4 is 11.8 Å². The summed E-state index contributed by atoms with van der Waals surface area (Å²) in [5.41, 5.74) is 0. The van der Waals surface area contributed by atoms with Crippen LogP contribution in [0, 0.1) is 0 Å². The lowest BCUT2D eigenvalue weighted by molar-refractivity contribution is 0.495. The molecule has 0 aliphatic heterocycles. The second-order valence-corrected chi connectivity index (χ2v) is 4.55. The average Bonchev–Trinajstić information content (AvgIpc) is 2.14. The maximum Gasteiger partial charge on any atom is 0.0276 e. The molecule has 0 aliphatic carbocycles. The molecule has 0 aromatic heterocycles. The first-order chi connectivity index (χ1) is 5.74. The summed E-state index contributed by atoms with van der Waals surface area (Å²) < 4.78 is 0.481. The van der Waals surface area contributed by atoms with Gasteiger partial charge < -0.3 is 5.32 Å². The van der Waals surface area contributed by atoms with E-state index in [1.54, 1.807) is 0 Å². The molecule has 0 heterocycles. The van der Waals surface area contributed by atoms with Gasteiger partial charge in [-0.15, -0.1) is 0 Å². The summed E-state index contributed by atoms with van der Waals surface area (Å²) in [5.74, 6) is 0. The van der Waals surface area contributed by atoms with Crippen molar-refractivity contribution in [1.82, 2.24) is 5.32 Å². The summed E-state index contributed by atoms with van der Waals surface area (Å²) in [5, 5.41) is 3.51. The van der Waals surface area contributed by atoms with E-state index in [4.69, 9.17) is 0 Å². The SMILES string of the molecule is CCCNCC(CC)(CC)SC. The van der Waals surface area contributed by atoms with Gasteiger partial charge in [-0.3, -0.25) is 0 Å². The van der Waals surface area contributed by atoms with Gasteiger partial charge in [0.15, 0.2) is 0 Å². The lowest BCUT2D eigenvalue weighted by Crippen LogP contribution is -2.36. The molecule has 0 aliphatic rings. The van der Waals surface area contributed by atoms with E-state index >= 15 is 0 Å². The van der Waals surface area contributed by atoms with Crippen molar-refractivity contribution in [2.45, 2.75) is 44.8 Å². The predicted octanol–water partition coefficient (Wildman–Crippen LogP) is 2.91. The van der Waals surface area contributed by atoms with E-state index in [0.29, 0.717) is 4.75 Å². The van der Waals surface area contributed by atoms with Gasteiger partial charge in [-0.2, -0.15) is 11.8 Å². The second kappa shape index (κ2) is 6.79. The zero-order valence-electron chi connectivity index (χ0n) is 8.94. The van der Waals surface area contributed by atoms with Crippen LogP contribution in [-0.2, 0) is 0 Å². The second-order valence-electron chi connectivity index (χ2n) is 3.27. The van der Waals surface area contributed by atoms with Crippen LogP contribution in [0.1, 0.15) is 40.0 Å². The van der Waals surface area contributed by atoms with Crippen molar-refractivity contribution in [3.8, 4) is 0 Å². The number of thioether (sulfide) groups is 1. The van der Waals surface area contributed by atoms with Gasteiger partial charge in [0.2, 0.25) is 0 Å². The Balaban J connectivity index is 3.76. The highest BCUT2D eigenvalue weighted by Gasteiger charge is 2.23. The normalized spacial score (nSPS) is 12.0. The molecule has 0 radical (unpaired) electrons. The Hall–Kier alpha value is 0.310. The van der Waals surface area contributed by atoms with Gasteiger partial charge in [-0.05, 0) is 32.1 Å². The van der Waals surface area contributed by atoms with Gasteiger partial charge in [0.25, 0.3) is 0 Å². The first-order valence-corrected chi connectivity index (χ1v) is 6.23. The Bertz CT molecular complexity index is 91.7. The highest BCUT2D eigenvalue weighted by Crippen LogP contribution is 2.29. The summed E-state index contributed by atoms with van der Waals surface area (Å²) in [7, 11) is 0. The molecule has 12 heavy (non-hydrogen) atoms. The molecule has 0 saturated carbocycles. The minimum atomic E-state index is 0.481. The third kappa shape index (κ3) is 3.81. The molecule has 1 N–H and O–H groups in total. The third-order valence-corrected chi connectivity index (χ3v) is 4.18. The van der Waals surface area contributed by atoms with Crippen LogP contribution < -0.4 is 5.32 Å². The van der Waals surface area contributed by atoms with Gasteiger partial charge in [0, 0.05) is 11.3 Å². The Morgan fingerprint density at radius 1 is 1.17 bits per heavy atom. The molecule has 0 fully saturated rings. The van der Waals surface area contributed by atoms with E-state index in [1.165, 1.54) is 19.3 Å². The summed E-state index contributed by atoms with van der Waals surface area (Å²) in [6, 6.07) is 0. The van der Waals surface area contributed by atoms with Gasteiger partial charge in [0.1, 0.15) is 0 Å². The van der Waals surface area contributed by atoms with Crippen molar-refractivity contribution in [1.29, 1.82) is 0 Å². The van der Waals surface area contributed by atoms with Crippen molar-refractivity contribution in [2.24, 2.45) is 0 Å². The molecular weight excluding hydrogens is 166 g/mol. The molecule has 1 nitrogen and oxygen atoms in total. The first kappa shape index (κ1) is 12.3. The lowest BCUT2D eigenvalue weighted by atomic mass is 10.0. The Morgan fingerprint density at radius 2 is 1.75 bits per heavy atom. The van der Waals surface area contributed by atoms with Crippen LogP contribution >= 0.6 is 11.8 Å². The standard InChI is InChI=1S/C10H23NS/c1-5-8-11-9-10(6-2,7-3)12-4/h11H,5-9H2,1-4H3. The predicted molar refractivity (Wildman–Crippen MR) is 60.0 cm³/mol. The molecule has 0 aromatic carbocycles. The van der Waals surface area contributed by atoms with Crippen molar-refractivity contribution in [3.63, 3.8) is 0 Å². The molecule has 0 amide bonds. The number of hydrogen-bond donors (Lipinski definition) is 1. The topological polar surface area (TPSA) is 12.0 Å². The molecule has 0 rings (SSSR count). The Morgan fingerprint density at radius 3 is 2.08 bits per heavy atom. The van der Waals surface area contributed by atoms with E-state index in [-0.39, 0.29) is 0 Å². The van der Waals surface area contributed by atoms with Crippen LogP contribution in [-0.4, -0.2) is 24.1 Å². The van der Waals surface area contributed by atoms with Gasteiger partial charge in [-0.25, -0.2) is 0 Å². The van der Waals surface area contributed by atoms with E-state index < -0.39 is 0 Å². The van der Waals surface area contributed by atoms with Crippen molar-refractivity contribution in [2.75, 3.05) is 19.3 Å². The fourth-order valence-corrected chi connectivity index (χ4v) is 2.18. The highest BCUT2D eigenvalue weighted by atomic mass is 32.2. The maximum atomic E-state index is 3.51. The van der Waals surface area contributed by atoms with Crippen molar-refractivity contribution < 1.29 is 0 Å². The average molecular weight is 189 g/mol.